The topological polar surface area (TPSA) is 68.5 Å². The van der Waals surface area contributed by atoms with E-state index >= 15 is 0 Å². The summed E-state index contributed by atoms with van der Waals surface area (Å²) in [5.41, 5.74) is 3.89. The number of nitrogens with zero attached hydrogens (tertiary/aromatic N) is 5. The maximum Gasteiger partial charge on any atom is 0.243 e. The third kappa shape index (κ3) is 2.58. The van der Waals surface area contributed by atoms with Crippen molar-refractivity contribution in [1.82, 2.24) is 25.0 Å². The van der Waals surface area contributed by atoms with E-state index in [1.165, 1.54) is 0 Å². The molecule has 1 N–H and O–H groups in total. The summed E-state index contributed by atoms with van der Waals surface area (Å²) in [7, 11) is 1.91. The molecular formula is C11H16N6. The summed E-state index contributed by atoms with van der Waals surface area (Å²) in [5.74, 6) is 0.552. The molecule has 2 aromatic heterocycles. The maximum absolute atomic E-state index is 4.31. The molecule has 2 rings (SSSR count). The average Bonchev–Trinajstić information content (AvgIpc) is 2.59. The first kappa shape index (κ1) is 11.5. The van der Waals surface area contributed by atoms with Gasteiger partial charge in [0, 0.05) is 25.4 Å². The summed E-state index contributed by atoms with van der Waals surface area (Å²) in [4.78, 5) is 4.31. The van der Waals surface area contributed by atoms with Gasteiger partial charge in [0.1, 0.15) is 0 Å². The van der Waals surface area contributed by atoms with Gasteiger partial charge in [0.15, 0.2) is 0 Å². The summed E-state index contributed by atoms with van der Waals surface area (Å²) in [5, 5.41) is 15.4. The molecule has 0 aliphatic carbocycles. The Morgan fingerprint density at radius 1 is 1.12 bits per heavy atom. The molecule has 0 radical (unpaired) electrons. The molecule has 6 heteroatoms. The van der Waals surface area contributed by atoms with Crippen molar-refractivity contribution in [2.75, 3.05) is 5.32 Å². The van der Waals surface area contributed by atoms with Gasteiger partial charge in [-0.15, -0.1) is 5.10 Å². The fraction of sp³-hybridized carbons (Fsp3) is 0.455. The molecule has 0 atom stereocenters. The van der Waals surface area contributed by atoms with Crippen molar-refractivity contribution in [3.8, 4) is 0 Å². The van der Waals surface area contributed by atoms with Crippen LogP contribution in [0.2, 0.25) is 0 Å². The zero-order chi connectivity index (χ0) is 12.4. The van der Waals surface area contributed by atoms with Crippen LogP contribution >= 0.6 is 0 Å². The van der Waals surface area contributed by atoms with E-state index in [2.05, 4.69) is 25.6 Å². The van der Waals surface area contributed by atoms with Gasteiger partial charge < -0.3 is 5.32 Å². The standard InChI is InChI=1S/C11H16N6/c1-7-8(2)14-15-11(13-7)12-5-10-6-17(4)16-9(10)3/h6H,5H2,1-4H3,(H,12,13,15). The van der Waals surface area contributed by atoms with Crippen LogP contribution in [0.1, 0.15) is 22.6 Å². The summed E-state index contributed by atoms with van der Waals surface area (Å²) < 4.78 is 1.80. The molecule has 0 saturated carbocycles. The van der Waals surface area contributed by atoms with Gasteiger partial charge in [0.05, 0.1) is 17.1 Å². The van der Waals surface area contributed by atoms with E-state index in [4.69, 9.17) is 0 Å². The predicted octanol–water partition coefficient (Wildman–Crippen LogP) is 1.14. The summed E-state index contributed by atoms with van der Waals surface area (Å²) in [6.45, 7) is 6.45. The van der Waals surface area contributed by atoms with Crippen molar-refractivity contribution >= 4 is 5.95 Å². The molecular weight excluding hydrogens is 216 g/mol. The zero-order valence-electron chi connectivity index (χ0n) is 10.5. The first-order valence-corrected chi connectivity index (χ1v) is 5.47. The van der Waals surface area contributed by atoms with Crippen LogP contribution < -0.4 is 5.32 Å². The van der Waals surface area contributed by atoms with Crippen LogP contribution in [0.4, 0.5) is 5.95 Å². The van der Waals surface area contributed by atoms with E-state index in [0.29, 0.717) is 12.5 Å². The second-order valence-corrected chi connectivity index (χ2v) is 4.07. The van der Waals surface area contributed by atoms with E-state index in [0.717, 1.165) is 22.6 Å². The number of anilines is 1. The third-order valence-electron chi connectivity index (χ3n) is 2.64. The molecule has 0 fully saturated rings. The second kappa shape index (κ2) is 4.48. The highest BCUT2D eigenvalue weighted by Crippen LogP contribution is 2.08. The fourth-order valence-electron chi connectivity index (χ4n) is 1.53. The molecule has 0 amide bonds. The Kier molecular flexibility index (Phi) is 3.03. The minimum absolute atomic E-state index is 0.552. The largest absolute Gasteiger partial charge is 0.349 e. The van der Waals surface area contributed by atoms with Crippen LogP contribution in [0, 0.1) is 20.8 Å². The van der Waals surface area contributed by atoms with Crippen molar-refractivity contribution in [3.05, 3.63) is 28.8 Å². The highest BCUT2D eigenvalue weighted by Gasteiger charge is 2.05. The van der Waals surface area contributed by atoms with Crippen molar-refractivity contribution in [2.45, 2.75) is 27.3 Å². The minimum atomic E-state index is 0.552. The molecule has 0 bridgehead atoms. The van der Waals surface area contributed by atoms with Crippen LogP contribution in [0.25, 0.3) is 0 Å². The minimum Gasteiger partial charge on any atom is -0.349 e. The van der Waals surface area contributed by atoms with E-state index in [9.17, 15) is 0 Å². The molecule has 0 aliphatic rings. The number of nitrogens with one attached hydrogen (secondary N) is 1. The predicted molar refractivity (Wildman–Crippen MR) is 64.6 cm³/mol. The summed E-state index contributed by atoms with van der Waals surface area (Å²) >= 11 is 0. The van der Waals surface area contributed by atoms with Crippen molar-refractivity contribution < 1.29 is 0 Å². The van der Waals surface area contributed by atoms with Crippen molar-refractivity contribution in [1.29, 1.82) is 0 Å². The van der Waals surface area contributed by atoms with Crippen LogP contribution in [0.5, 0.6) is 0 Å². The molecule has 0 saturated heterocycles. The average molecular weight is 232 g/mol. The number of aromatic nitrogens is 5. The Bertz CT molecular complexity index is 531. The highest BCUT2D eigenvalue weighted by molar-refractivity contribution is 5.28. The van der Waals surface area contributed by atoms with Crippen molar-refractivity contribution in [2.24, 2.45) is 7.05 Å². The Morgan fingerprint density at radius 2 is 1.88 bits per heavy atom. The van der Waals surface area contributed by atoms with Crippen LogP contribution in [-0.2, 0) is 13.6 Å². The zero-order valence-corrected chi connectivity index (χ0v) is 10.5. The first-order valence-electron chi connectivity index (χ1n) is 5.47. The van der Waals surface area contributed by atoms with Crippen LogP contribution in [0.3, 0.4) is 0 Å². The van der Waals surface area contributed by atoms with Gasteiger partial charge in [-0.05, 0) is 20.8 Å². The molecule has 2 aromatic rings. The number of aryl methyl sites for hydroxylation is 4. The van der Waals surface area contributed by atoms with Crippen LogP contribution in [-0.4, -0.2) is 25.0 Å². The summed E-state index contributed by atoms with van der Waals surface area (Å²) in [6, 6.07) is 0. The molecule has 90 valence electrons. The third-order valence-corrected chi connectivity index (χ3v) is 2.64. The number of hydrogen-bond donors (Lipinski definition) is 1. The lowest BCUT2D eigenvalue weighted by atomic mass is 10.3. The Morgan fingerprint density at radius 3 is 2.47 bits per heavy atom. The maximum atomic E-state index is 4.31. The quantitative estimate of drug-likeness (QED) is 0.859. The Hall–Kier alpha value is -1.98. The van der Waals surface area contributed by atoms with Crippen LogP contribution in [0.15, 0.2) is 6.20 Å². The summed E-state index contributed by atoms with van der Waals surface area (Å²) in [6.07, 6.45) is 1.98. The van der Waals surface area contributed by atoms with E-state index < -0.39 is 0 Å². The molecule has 0 aliphatic heterocycles. The normalized spacial score (nSPS) is 10.6. The van der Waals surface area contributed by atoms with E-state index in [1.54, 1.807) is 4.68 Å². The van der Waals surface area contributed by atoms with E-state index in [-0.39, 0.29) is 0 Å². The molecule has 6 nitrogen and oxygen atoms in total. The molecule has 0 spiro atoms. The lowest BCUT2D eigenvalue weighted by molar-refractivity contribution is 0.756. The second-order valence-electron chi connectivity index (χ2n) is 4.07. The van der Waals surface area contributed by atoms with Gasteiger partial charge in [-0.1, -0.05) is 0 Å². The monoisotopic (exact) mass is 232 g/mol. The fourth-order valence-corrected chi connectivity index (χ4v) is 1.53. The van der Waals surface area contributed by atoms with Gasteiger partial charge in [-0.3, -0.25) is 4.68 Å². The first-order chi connectivity index (χ1) is 8.06. The van der Waals surface area contributed by atoms with Gasteiger partial charge >= 0.3 is 0 Å². The van der Waals surface area contributed by atoms with Gasteiger partial charge in [0.25, 0.3) is 0 Å². The number of rotatable bonds is 3. The van der Waals surface area contributed by atoms with E-state index in [1.807, 2.05) is 34.0 Å². The Labute approximate surface area is 100 Å². The molecule has 0 unspecified atom stereocenters. The van der Waals surface area contributed by atoms with Gasteiger partial charge in [-0.25, -0.2) is 4.98 Å². The van der Waals surface area contributed by atoms with Crippen molar-refractivity contribution in [3.63, 3.8) is 0 Å². The Balaban J connectivity index is 2.07. The highest BCUT2D eigenvalue weighted by atomic mass is 15.3. The van der Waals surface area contributed by atoms with Gasteiger partial charge in [-0.2, -0.15) is 10.2 Å². The molecule has 17 heavy (non-hydrogen) atoms. The molecule has 2 heterocycles. The van der Waals surface area contributed by atoms with Gasteiger partial charge in [0.2, 0.25) is 5.95 Å². The number of hydrogen-bond acceptors (Lipinski definition) is 5. The SMILES string of the molecule is Cc1nn(C)cc1CNc1nnc(C)c(C)n1. The lowest BCUT2D eigenvalue weighted by Gasteiger charge is -2.04. The lowest BCUT2D eigenvalue weighted by Crippen LogP contribution is -2.07. The smallest absolute Gasteiger partial charge is 0.243 e. The molecule has 0 aromatic carbocycles.